The van der Waals surface area contributed by atoms with E-state index >= 15 is 0 Å². The minimum absolute atomic E-state index is 0.0180. The zero-order valence-corrected chi connectivity index (χ0v) is 8.56. The van der Waals surface area contributed by atoms with Gasteiger partial charge in [0.25, 0.3) is 0 Å². The summed E-state index contributed by atoms with van der Waals surface area (Å²) in [5.74, 6) is -4.31. The van der Waals surface area contributed by atoms with Crippen LogP contribution >= 0.6 is 0 Å². The Balaban J connectivity index is 4.92. The molecule has 0 aromatic carbocycles. The number of rotatable bonds is 7. The second-order valence-electron chi connectivity index (χ2n) is 3.32. The Morgan fingerprint density at radius 2 is 1.19 bits per heavy atom. The Morgan fingerprint density at radius 3 is 1.44 bits per heavy atom. The molecule has 0 aliphatic rings. The molecule has 0 aromatic rings. The van der Waals surface area contributed by atoms with Crippen LogP contribution in [0.15, 0.2) is 0 Å². The third-order valence-electron chi connectivity index (χ3n) is 2.24. The number of hydrogen-bond acceptors (Lipinski definition) is 4. The van der Waals surface area contributed by atoms with Crippen molar-refractivity contribution in [1.82, 2.24) is 0 Å². The van der Waals surface area contributed by atoms with Gasteiger partial charge >= 0.3 is 0 Å². The van der Waals surface area contributed by atoms with Crippen LogP contribution in [-0.4, -0.2) is 23.6 Å². The van der Waals surface area contributed by atoms with Crippen LogP contribution in [0.2, 0.25) is 0 Å². The van der Waals surface area contributed by atoms with Gasteiger partial charge < -0.3 is 22.9 Å². The largest absolute Gasteiger partial charge is 0.370 e. The smallest absolute Gasteiger partial charge is 0.242 e. The molecule has 90 valence electrons. The lowest BCUT2D eigenvalue weighted by molar-refractivity contribution is -0.148. The lowest BCUT2D eigenvalue weighted by atomic mass is 9.80. The monoisotopic (exact) mass is 230 g/mol. The summed E-state index contributed by atoms with van der Waals surface area (Å²) in [5, 5.41) is 0. The molecule has 0 bridgehead atoms. The van der Waals surface area contributed by atoms with Crippen molar-refractivity contribution < 1.29 is 19.2 Å². The zero-order valence-electron chi connectivity index (χ0n) is 8.56. The maximum absolute atomic E-state index is 11.1. The molecule has 0 saturated carbocycles. The zero-order chi connectivity index (χ0) is 12.9. The summed E-state index contributed by atoms with van der Waals surface area (Å²) in [4.78, 5) is 43.7. The van der Waals surface area contributed by atoms with Crippen LogP contribution in [0.4, 0.5) is 0 Å². The van der Waals surface area contributed by atoms with Crippen LogP contribution in [0.25, 0.3) is 0 Å². The Morgan fingerprint density at radius 1 is 0.812 bits per heavy atom. The van der Waals surface area contributed by atoms with Gasteiger partial charge in [0.15, 0.2) is 0 Å². The standard InChI is InChI=1S/C8H14N4O4/c9-4(13)2-1-3-8(5(10)14,6(11)15)7(12)16/h1-3H2,(H2,9,13)(H2,10,14)(H2,11,15)(H2,12,16). The first-order chi connectivity index (χ1) is 7.25. The Bertz CT molecular complexity index is 303. The quantitative estimate of drug-likeness (QED) is 0.343. The molecule has 0 radical (unpaired) electrons. The first-order valence-electron chi connectivity index (χ1n) is 4.43. The van der Waals surface area contributed by atoms with Crippen LogP contribution in [0.1, 0.15) is 19.3 Å². The number of carbonyl (C=O) groups is 4. The van der Waals surface area contributed by atoms with Crippen molar-refractivity contribution in [3.8, 4) is 0 Å². The second-order valence-corrected chi connectivity index (χ2v) is 3.32. The van der Waals surface area contributed by atoms with E-state index in [0.29, 0.717) is 0 Å². The molecule has 0 aliphatic heterocycles. The van der Waals surface area contributed by atoms with E-state index in [1.54, 1.807) is 0 Å². The highest BCUT2D eigenvalue weighted by Gasteiger charge is 2.48. The minimum atomic E-state index is -2.25. The van der Waals surface area contributed by atoms with E-state index in [4.69, 9.17) is 22.9 Å². The van der Waals surface area contributed by atoms with Gasteiger partial charge in [0.1, 0.15) is 0 Å². The minimum Gasteiger partial charge on any atom is -0.370 e. The molecule has 0 aromatic heterocycles. The summed E-state index contributed by atoms with van der Waals surface area (Å²) in [6, 6.07) is 0. The number of amides is 4. The van der Waals surface area contributed by atoms with E-state index in [0.717, 1.165) is 0 Å². The Kier molecular flexibility index (Phi) is 4.42. The molecule has 0 spiro atoms. The van der Waals surface area contributed by atoms with Gasteiger partial charge in [-0.3, -0.25) is 19.2 Å². The fraction of sp³-hybridized carbons (Fsp3) is 0.500. The topological polar surface area (TPSA) is 172 Å². The number of nitrogens with two attached hydrogens (primary N) is 4. The number of carbonyl (C=O) groups excluding carboxylic acids is 4. The Labute approximate surface area is 91.3 Å². The van der Waals surface area contributed by atoms with Gasteiger partial charge in [-0.25, -0.2) is 0 Å². The lowest BCUT2D eigenvalue weighted by Gasteiger charge is -2.22. The molecular formula is C8H14N4O4. The lowest BCUT2D eigenvalue weighted by Crippen LogP contribution is -2.56. The van der Waals surface area contributed by atoms with Crippen molar-refractivity contribution in [2.75, 3.05) is 0 Å². The molecule has 8 nitrogen and oxygen atoms in total. The van der Waals surface area contributed by atoms with Gasteiger partial charge in [0.05, 0.1) is 0 Å². The van der Waals surface area contributed by atoms with Gasteiger partial charge in [-0.15, -0.1) is 0 Å². The van der Waals surface area contributed by atoms with Gasteiger partial charge in [-0.05, 0) is 12.8 Å². The van der Waals surface area contributed by atoms with Crippen molar-refractivity contribution in [3.63, 3.8) is 0 Å². The summed E-state index contributed by atoms with van der Waals surface area (Å²) in [6.45, 7) is 0. The van der Waals surface area contributed by atoms with E-state index in [-0.39, 0.29) is 19.3 Å². The van der Waals surface area contributed by atoms with Crippen LogP contribution in [0.5, 0.6) is 0 Å². The van der Waals surface area contributed by atoms with Crippen molar-refractivity contribution in [2.24, 2.45) is 28.3 Å². The highest BCUT2D eigenvalue weighted by atomic mass is 16.2. The van der Waals surface area contributed by atoms with Crippen LogP contribution < -0.4 is 22.9 Å². The van der Waals surface area contributed by atoms with Crippen molar-refractivity contribution in [3.05, 3.63) is 0 Å². The predicted molar refractivity (Wildman–Crippen MR) is 53.1 cm³/mol. The molecule has 4 amide bonds. The molecule has 0 rings (SSSR count). The first-order valence-corrected chi connectivity index (χ1v) is 4.43. The third-order valence-corrected chi connectivity index (χ3v) is 2.24. The molecule has 8 N–H and O–H groups in total. The van der Waals surface area contributed by atoms with Crippen molar-refractivity contribution >= 4 is 23.6 Å². The fourth-order valence-corrected chi connectivity index (χ4v) is 1.26. The van der Waals surface area contributed by atoms with Crippen LogP contribution in [-0.2, 0) is 19.2 Å². The Hall–Kier alpha value is -2.12. The van der Waals surface area contributed by atoms with E-state index in [9.17, 15) is 19.2 Å². The summed E-state index contributed by atoms with van der Waals surface area (Å²) in [6.07, 6.45) is -0.407. The van der Waals surface area contributed by atoms with Crippen LogP contribution in [0, 0.1) is 5.41 Å². The van der Waals surface area contributed by atoms with Crippen molar-refractivity contribution in [2.45, 2.75) is 19.3 Å². The maximum atomic E-state index is 11.1. The number of hydrogen-bond donors (Lipinski definition) is 4. The highest BCUT2D eigenvalue weighted by Crippen LogP contribution is 2.23. The van der Waals surface area contributed by atoms with E-state index < -0.39 is 29.0 Å². The molecule has 0 unspecified atom stereocenters. The molecular weight excluding hydrogens is 216 g/mol. The molecule has 0 fully saturated rings. The average molecular weight is 230 g/mol. The average Bonchev–Trinajstić information content (AvgIpc) is 2.09. The SMILES string of the molecule is NC(=O)CCCC(C(N)=O)(C(N)=O)C(N)=O. The molecule has 16 heavy (non-hydrogen) atoms. The van der Waals surface area contributed by atoms with Gasteiger partial charge in [-0.2, -0.15) is 0 Å². The van der Waals surface area contributed by atoms with Gasteiger partial charge in [0, 0.05) is 6.42 Å². The fourth-order valence-electron chi connectivity index (χ4n) is 1.26. The first kappa shape index (κ1) is 13.9. The summed E-state index contributed by atoms with van der Waals surface area (Å²) >= 11 is 0. The predicted octanol–water partition coefficient (Wildman–Crippen LogP) is -2.92. The van der Waals surface area contributed by atoms with E-state index in [1.165, 1.54) is 0 Å². The molecule has 0 heterocycles. The summed E-state index contributed by atoms with van der Waals surface area (Å²) in [5.41, 5.74) is 17.4. The second kappa shape index (κ2) is 5.10. The number of primary amides is 4. The van der Waals surface area contributed by atoms with Gasteiger partial charge in [-0.1, -0.05) is 0 Å². The molecule has 8 heteroatoms. The normalized spacial score (nSPS) is 10.8. The van der Waals surface area contributed by atoms with E-state index in [1.807, 2.05) is 0 Å². The summed E-state index contributed by atoms with van der Waals surface area (Å²) in [7, 11) is 0. The third kappa shape index (κ3) is 2.69. The van der Waals surface area contributed by atoms with Crippen LogP contribution in [0.3, 0.4) is 0 Å². The van der Waals surface area contributed by atoms with Crippen molar-refractivity contribution in [1.29, 1.82) is 0 Å². The molecule has 0 aliphatic carbocycles. The summed E-state index contributed by atoms with van der Waals surface area (Å²) < 4.78 is 0. The van der Waals surface area contributed by atoms with E-state index in [2.05, 4.69) is 0 Å². The molecule has 0 atom stereocenters. The highest BCUT2D eigenvalue weighted by molar-refractivity contribution is 6.21. The van der Waals surface area contributed by atoms with Gasteiger partial charge in [0.2, 0.25) is 29.0 Å². The molecule has 0 saturated heterocycles. The maximum Gasteiger partial charge on any atom is 0.242 e.